The molecule has 0 spiro atoms. The summed E-state index contributed by atoms with van der Waals surface area (Å²) in [6.45, 7) is 3.32. The summed E-state index contributed by atoms with van der Waals surface area (Å²) in [5.41, 5.74) is 7.31. The van der Waals surface area contributed by atoms with Gasteiger partial charge in [0.1, 0.15) is 5.82 Å². The highest BCUT2D eigenvalue weighted by atomic mass is 79.9. The minimum Gasteiger partial charge on any atom is -0.383 e. The smallest absolute Gasteiger partial charge is 0.187 e. The van der Waals surface area contributed by atoms with E-state index >= 15 is 0 Å². The van der Waals surface area contributed by atoms with E-state index in [4.69, 9.17) is 10.5 Å². The molecule has 0 aliphatic carbocycles. The molecule has 1 aromatic heterocycles. The zero-order chi connectivity index (χ0) is 13.9. The summed E-state index contributed by atoms with van der Waals surface area (Å²) < 4.78 is 6.45. The fraction of sp³-hybridized carbons (Fsp3) is 0.357. The number of rotatable bonds is 3. The molecule has 0 atom stereocenters. The number of nitrogens with zero attached hydrogens (tertiary/aromatic N) is 2. The molecule has 2 N–H and O–H groups in total. The lowest BCUT2D eigenvalue weighted by Crippen LogP contribution is -2.36. The van der Waals surface area contributed by atoms with Crippen molar-refractivity contribution in [1.29, 1.82) is 0 Å². The van der Waals surface area contributed by atoms with Crippen LogP contribution in [0.1, 0.15) is 10.4 Å². The number of hydrogen-bond donors (Lipinski definition) is 1. The minimum atomic E-state index is 0.652. The van der Waals surface area contributed by atoms with Crippen LogP contribution in [0, 0.1) is 0 Å². The van der Waals surface area contributed by atoms with Gasteiger partial charge in [-0.3, -0.25) is 0 Å². The lowest BCUT2D eigenvalue weighted by molar-refractivity contribution is 0.122. The number of nitrogens with two attached hydrogens (primary N) is 1. The first kappa shape index (κ1) is 13.9. The molecule has 1 aliphatic rings. The Morgan fingerprint density at radius 2 is 1.95 bits per heavy atom. The van der Waals surface area contributed by atoms with Crippen LogP contribution in [-0.4, -0.2) is 31.3 Å². The molecule has 1 saturated heterocycles. The summed E-state index contributed by atoms with van der Waals surface area (Å²) in [5.74, 6) is 0.652. The van der Waals surface area contributed by atoms with Gasteiger partial charge >= 0.3 is 0 Å². The van der Waals surface area contributed by atoms with Crippen molar-refractivity contribution < 1.29 is 4.74 Å². The second kappa shape index (κ2) is 6.11. The Morgan fingerprint density at radius 1 is 1.25 bits per heavy atom. The first-order valence-corrected chi connectivity index (χ1v) is 8.15. The van der Waals surface area contributed by atoms with Crippen LogP contribution in [0.4, 0.5) is 10.9 Å². The van der Waals surface area contributed by atoms with Crippen LogP contribution in [-0.2, 0) is 11.2 Å². The first-order chi connectivity index (χ1) is 9.72. The lowest BCUT2D eigenvalue weighted by Gasteiger charge is -2.25. The Hall–Kier alpha value is -1.11. The number of ether oxygens (including phenoxy) is 1. The molecule has 4 nitrogen and oxygen atoms in total. The van der Waals surface area contributed by atoms with Gasteiger partial charge in [0.15, 0.2) is 5.13 Å². The molecule has 1 aliphatic heterocycles. The number of aromatic nitrogens is 1. The average molecular weight is 354 g/mol. The summed E-state index contributed by atoms with van der Waals surface area (Å²) in [7, 11) is 0. The molecule has 0 radical (unpaired) electrons. The molecule has 6 heteroatoms. The predicted octanol–water partition coefficient (Wildman–Crippen LogP) is 2.92. The van der Waals surface area contributed by atoms with Gasteiger partial charge in [-0.2, -0.15) is 0 Å². The van der Waals surface area contributed by atoms with Crippen LogP contribution in [0.2, 0.25) is 0 Å². The SMILES string of the molecule is Nc1nc(N2CCOCC2)sc1Cc1ccc(Br)cc1. The third kappa shape index (κ3) is 3.13. The Labute approximate surface area is 130 Å². The number of morpholine rings is 1. The Balaban J connectivity index is 1.76. The quantitative estimate of drug-likeness (QED) is 0.921. The van der Waals surface area contributed by atoms with Crippen LogP contribution < -0.4 is 10.6 Å². The topological polar surface area (TPSA) is 51.4 Å². The highest BCUT2D eigenvalue weighted by Gasteiger charge is 2.17. The maximum atomic E-state index is 6.06. The fourth-order valence-electron chi connectivity index (χ4n) is 2.15. The molecular weight excluding hydrogens is 338 g/mol. The third-order valence-electron chi connectivity index (χ3n) is 3.28. The molecule has 2 aromatic rings. The van der Waals surface area contributed by atoms with Crippen LogP contribution in [0.3, 0.4) is 0 Å². The molecule has 3 rings (SSSR count). The van der Waals surface area contributed by atoms with Gasteiger partial charge in [0, 0.05) is 24.0 Å². The Bertz CT molecular complexity index is 579. The highest BCUT2D eigenvalue weighted by molar-refractivity contribution is 9.10. The van der Waals surface area contributed by atoms with E-state index in [0.29, 0.717) is 5.82 Å². The van der Waals surface area contributed by atoms with E-state index < -0.39 is 0 Å². The van der Waals surface area contributed by atoms with Crippen LogP contribution >= 0.6 is 27.3 Å². The molecule has 0 amide bonds. The van der Waals surface area contributed by atoms with Crippen molar-refractivity contribution in [3.63, 3.8) is 0 Å². The molecule has 0 unspecified atom stereocenters. The molecule has 106 valence electrons. The number of thiazole rings is 1. The molecule has 20 heavy (non-hydrogen) atoms. The lowest BCUT2D eigenvalue weighted by atomic mass is 10.1. The van der Waals surface area contributed by atoms with Gasteiger partial charge in [0.25, 0.3) is 0 Å². The average Bonchev–Trinajstić information content (AvgIpc) is 2.84. The maximum absolute atomic E-state index is 6.06. The van der Waals surface area contributed by atoms with E-state index in [-0.39, 0.29) is 0 Å². The molecule has 0 bridgehead atoms. The largest absolute Gasteiger partial charge is 0.383 e. The van der Waals surface area contributed by atoms with Crippen LogP contribution in [0.15, 0.2) is 28.7 Å². The van der Waals surface area contributed by atoms with E-state index in [9.17, 15) is 0 Å². The van der Waals surface area contributed by atoms with Crippen molar-refractivity contribution in [1.82, 2.24) is 4.98 Å². The van der Waals surface area contributed by atoms with Crippen molar-refractivity contribution in [2.45, 2.75) is 6.42 Å². The number of anilines is 2. The van der Waals surface area contributed by atoms with Gasteiger partial charge in [0.2, 0.25) is 0 Å². The van der Waals surface area contributed by atoms with E-state index in [1.54, 1.807) is 11.3 Å². The van der Waals surface area contributed by atoms with Gasteiger partial charge in [-0.15, -0.1) is 0 Å². The van der Waals surface area contributed by atoms with Crippen molar-refractivity contribution in [3.8, 4) is 0 Å². The summed E-state index contributed by atoms with van der Waals surface area (Å²) in [6.07, 6.45) is 0.834. The van der Waals surface area contributed by atoms with Gasteiger partial charge < -0.3 is 15.4 Å². The van der Waals surface area contributed by atoms with E-state index in [1.165, 1.54) is 5.56 Å². The monoisotopic (exact) mass is 353 g/mol. The number of halogens is 1. The fourth-order valence-corrected chi connectivity index (χ4v) is 3.48. The van der Waals surface area contributed by atoms with Gasteiger partial charge in [-0.05, 0) is 17.7 Å². The zero-order valence-electron chi connectivity index (χ0n) is 11.0. The van der Waals surface area contributed by atoms with Gasteiger partial charge in [0.05, 0.1) is 18.1 Å². The van der Waals surface area contributed by atoms with E-state index in [2.05, 4.69) is 50.1 Å². The number of benzene rings is 1. The third-order valence-corrected chi connectivity index (χ3v) is 4.94. The first-order valence-electron chi connectivity index (χ1n) is 6.55. The zero-order valence-corrected chi connectivity index (χ0v) is 13.4. The normalized spacial score (nSPS) is 15.6. The second-order valence-electron chi connectivity index (χ2n) is 4.71. The number of nitrogen functional groups attached to an aromatic ring is 1. The summed E-state index contributed by atoms with van der Waals surface area (Å²) in [4.78, 5) is 7.88. The summed E-state index contributed by atoms with van der Waals surface area (Å²) in [5, 5.41) is 1.01. The maximum Gasteiger partial charge on any atom is 0.187 e. The molecule has 1 aromatic carbocycles. The Kier molecular flexibility index (Phi) is 4.24. The van der Waals surface area contributed by atoms with E-state index in [0.717, 1.165) is 47.2 Å². The summed E-state index contributed by atoms with van der Waals surface area (Å²) in [6, 6.07) is 8.32. The van der Waals surface area contributed by atoms with Gasteiger partial charge in [-0.1, -0.05) is 39.4 Å². The number of hydrogen-bond acceptors (Lipinski definition) is 5. The van der Waals surface area contributed by atoms with Crippen molar-refractivity contribution >= 4 is 38.2 Å². The highest BCUT2D eigenvalue weighted by Crippen LogP contribution is 2.30. The van der Waals surface area contributed by atoms with Crippen molar-refractivity contribution in [3.05, 3.63) is 39.2 Å². The predicted molar refractivity (Wildman–Crippen MR) is 86.5 cm³/mol. The molecule has 0 saturated carbocycles. The summed E-state index contributed by atoms with van der Waals surface area (Å²) >= 11 is 5.14. The van der Waals surface area contributed by atoms with Crippen molar-refractivity contribution in [2.24, 2.45) is 0 Å². The molecular formula is C14H16BrN3OS. The second-order valence-corrected chi connectivity index (χ2v) is 6.69. The van der Waals surface area contributed by atoms with Crippen molar-refractivity contribution in [2.75, 3.05) is 36.9 Å². The Morgan fingerprint density at radius 3 is 2.65 bits per heavy atom. The molecule has 2 heterocycles. The van der Waals surface area contributed by atoms with Crippen LogP contribution in [0.5, 0.6) is 0 Å². The standard InChI is InChI=1S/C14H16BrN3OS/c15-11-3-1-10(2-4-11)9-12-13(16)17-14(20-12)18-5-7-19-8-6-18/h1-4H,5-9,16H2. The van der Waals surface area contributed by atoms with Crippen LogP contribution in [0.25, 0.3) is 0 Å². The van der Waals surface area contributed by atoms with Gasteiger partial charge in [-0.25, -0.2) is 4.98 Å². The molecule has 1 fully saturated rings. The minimum absolute atomic E-state index is 0.652. The van der Waals surface area contributed by atoms with E-state index in [1.807, 2.05) is 0 Å².